The number of allylic oxidation sites excluding steroid dienone is 6. The van der Waals surface area contributed by atoms with E-state index in [0.29, 0.717) is 5.92 Å². The Balaban J connectivity index is 3.17. The van der Waals surface area contributed by atoms with Crippen molar-refractivity contribution in [2.75, 3.05) is 0 Å². The summed E-state index contributed by atoms with van der Waals surface area (Å²) < 4.78 is 5.66. The third kappa shape index (κ3) is 7.81. The number of carbonyl (C=O) groups excluding carboxylic acids is 1. The molecule has 0 radical (unpaired) electrons. The van der Waals surface area contributed by atoms with Crippen molar-refractivity contribution in [2.45, 2.75) is 79.8 Å². The zero-order chi connectivity index (χ0) is 18.1. The summed E-state index contributed by atoms with van der Waals surface area (Å²) in [5, 5.41) is 0. The minimum atomic E-state index is -0.208. The fourth-order valence-corrected chi connectivity index (χ4v) is 2.99. The van der Waals surface area contributed by atoms with Gasteiger partial charge in [0.15, 0.2) is 0 Å². The van der Waals surface area contributed by atoms with E-state index in [2.05, 4.69) is 58.9 Å². The smallest absolute Gasteiger partial charge is 0.303 e. The zero-order valence-electron chi connectivity index (χ0n) is 16.3. The van der Waals surface area contributed by atoms with Crippen LogP contribution in [0.3, 0.4) is 0 Å². The first-order valence-corrected chi connectivity index (χ1v) is 9.15. The number of esters is 1. The largest absolute Gasteiger partial charge is 0.458 e. The molecule has 0 heterocycles. The van der Waals surface area contributed by atoms with E-state index in [9.17, 15) is 4.79 Å². The number of ether oxygens (including phenoxy) is 1. The molecule has 134 valence electrons. The fraction of sp³-hybridized carbons (Fsp3) is 0.591. The van der Waals surface area contributed by atoms with Crippen LogP contribution in [0, 0.1) is 5.92 Å². The van der Waals surface area contributed by atoms with Crippen LogP contribution in [0.5, 0.6) is 0 Å². The quantitative estimate of drug-likeness (QED) is 0.438. The van der Waals surface area contributed by atoms with E-state index in [1.54, 1.807) is 0 Å². The van der Waals surface area contributed by atoms with Crippen molar-refractivity contribution in [3.63, 3.8) is 0 Å². The van der Waals surface area contributed by atoms with Crippen LogP contribution in [0.25, 0.3) is 0 Å². The second-order valence-electron chi connectivity index (χ2n) is 7.31. The average molecular weight is 331 g/mol. The number of hydrogen-bond donors (Lipinski definition) is 0. The fourth-order valence-electron chi connectivity index (χ4n) is 2.99. The summed E-state index contributed by atoms with van der Waals surface area (Å²) in [4.78, 5) is 11.6. The summed E-state index contributed by atoms with van der Waals surface area (Å²) in [5.74, 6) is 0.140. The Hall–Kier alpha value is -1.57. The first-order valence-electron chi connectivity index (χ1n) is 9.15. The van der Waals surface area contributed by atoms with Crippen LogP contribution in [0.15, 0.2) is 46.6 Å². The van der Waals surface area contributed by atoms with Crippen LogP contribution in [-0.4, -0.2) is 12.1 Å². The van der Waals surface area contributed by atoms with Crippen molar-refractivity contribution in [3.05, 3.63) is 46.6 Å². The lowest BCUT2D eigenvalue weighted by molar-refractivity contribution is -0.144. The van der Waals surface area contributed by atoms with Crippen molar-refractivity contribution >= 4 is 5.97 Å². The van der Waals surface area contributed by atoms with Crippen LogP contribution >= 0.6 is 0 Å². The molecule has 1 atom stereocenters. The van der Waals surface area contributed by atoms with Crippen molar-refractivity contribution in [1.29, 1.82) is 0 Å². The Morgan fingerprint density at radius 3 is 2.17 bits per heavy atom. The minimum Gasteiger partial charge on any atom is -0.458 e. The van der Waals surface area contributed by atoms with Gasteiger partial charge in [-0.3, -0.25) is 4.79 Å². The van der Waals surface area contributed by atoms with E-state index >= 15 is 0 Å². The molecule has 0 saturated carbocycles. The second kappa shape index (κ2) is 10.3. The first kappa shape index (κ1) is 20.5. The Morgan fingerprint density at radius 1 is 1.00 bits per heavy atom. The van der Waals surface area contributed by atoms with Gasteiger partial charge in [-0.25, -0.2) is 0 Å². The van der Waals surface area contributed by atoms with Gasteiger partial charge in [-0.15, -0.1) is 0 Å². The number of carbonyl (C=O) groups is 1. The van der Waals surface area contributed by atoms with Gasteiger partial charge in [-0.1, -0.05) is 54.9 Å². The van der Waals surface area contributed by atoms with Crippen molar-refractivity contribution in [3.8, 4) is 0 Å². The van der Waals surface area contributed by atoms with E-state index in [4.69, 9.17) is 4.74 Å². The van der Waals surface area contributed by atoms with Gasteiger partial charge >= 0.3 is 5.97 Å². The first-order chi connectivity index (χ1) is 11.3. The Labute approximate surface area is 148 Å². The summed E-state index contributed by atoms with van der Waals surface area (Å²) in [6.07, 6.45) is 14.0. The molecule has 0 saturated heterocycles. The monoisotopic (exact) mass is 330 g/mol. The SMILES string of the molecule is CC(=O)OC1CC(C)=CCCC(C)=CCCC(C)=CC=C1C(C)C. The van der Waals surface area contributed by atoms with Crippen LogP contribution < -0.4 is 0 Å². The van der Waals surface area contributed by atoms with Gasteiger partial charge < -0.3 is 4.74 Å². The highest BCUT2D eigenvalue weighted by Gasteiger charge is 2.20. The molecule has 0 aromatic rings. The third-order valence-corrected chi connectivity index (χ3v) is 4.48. The minimum absolute atomic E-state index is 0.164. The van der Waals surface area contributed by atoms with Gasteiger partial charge in [0.25, 0.3) is 0 Å². The third-order valence-electron chi connectivity index (χ3n) is 4.48. The number of hydrogen-bond acceptors (Lipinski definition) is 2. The van der Waals surface area contributed by atoms with Crippen LogP contribution in [0.2, 0.25) is 0 Å². The maximum Gasteiger partial charge on any atom is 0.303 e. The standard InChI is InChI=1S/C22H34O2/c1-16(2)21-14-13-18(4)11-7-9-17(3)10-8-12-19(5)15-22(21)24-20(6)23/h9,12-14,16,22H,7-8,10-11,15H2,1-6H3. The molecule has 0 fully saturated rings. The maximum absolute atomic E-state index is 11.6. The zero-order valence-corrected chi connectivity index (χ0v) is 16.3. The lowest BCUT2D eigenvalue weighted by Crippen LogP contribution is -2.22. The lowest BCUT2D eigenvalue weighted by atomic mass is 9.91. The molecule has 0 aromatic carbocycles. The van der Waals surface area contributed by atoms with E-state index in [0.717, 1.165) is 32.1 Å². The van der Waals surface area contributed by atoms with Gasteiger partial charge in [0, 0.05) is 13.3 Å². The predicted molar refractivity (Wildman–Crippen MR) is 103 cm³/mol. The molecule has 1 aliphatic rings. The molecule has 2 nitrogen and oxygen atoms in total. The molecule has 0 aromatic heterocycles. The summed E-state index contributed by atoms with van der Waals surface area (Å²) in [6.45, 7) is 12.4. The van der Waals surface area contributed by atoms with Gasteiger partial charge in [-0.05, 0) is 57.9 Å². The van der Waals surface area contributed by atoms with Crippen LogP contribution in [0.4, 0.5) is 0 Å². The molecule has 1 aliphatic carbocycles. The van der Waals surface area contributed by atoms with Crippen LogP contribution in [-0.2, 0) is 9.53 Å². The molecule has 0 N–H and O–H groups in total. The average Bonchev–Trinajstić information content (AvgIpc) is 2.45. The summed E-state index contributed by atoms with van der Waals surface area (Å²) >= 11 is 0. The normalized spacial score (nSPS) is 21.2. The molecule has 24 heavy (non-hydrogen) atoms. The molecule has 0 spiro atoms. The van der Waals surface area contributed by atoms with Gasteiger partial charge in [0.05, 0.1) is 0 Å². The van der Waals surface area contributed by atoms with Gasteiger partial charge in [0.2, 0.25) is 0 Å². The highest BCUT2D eigenvalue weighted by Crippen LogP contribution is 2.25. The van der Waals surface area contributed by atoms with Crippen molar-refractivity contribution in [2.24, 2.45) is 5.92 Å². The second-order valence-corrected chi connectivity index (χ2v) is 7.31. The van der Waals surface area contributed by atoms with Crippen molar-refractivity contribution < 1.29 is 9.53 Å². The summed E-state index contributed by atoms with van der Waals surface area (Å²) in [5.41, 5.74) is 5.31. The number of rotatable bonds is 2. The molecule has 1 rings (SSSR count). The molecule has 0 aliphatic heterocycles. The molecule has 0 bridgehead atoms. The predicted octanol–water partition coefficient (Wildman–Crippen LogP) is 6.30. The summed E-state index contributed by atoms with van der Waals surface area (Å²) in [7, 11) is 0. The topological polar surface area (TPSA) is 26.3 Å². The van der Waals surface area contributed by atoms with Gasteiger partial charge in [0.1, 0.15) is 6.10 Å². The molecule has 0 amide bonds. The summed E-state index contributed by atoms with van der Waals surface area (Å²) in [6, 6.07) is 0. The van der Waals surface area contributed by atoms with E-state index in [1.807, 2.05) is 0 Å². The van der Waals surface area contributed by atoms with Gasteiger partial charge in [-0.2, -0.15) is 0 Å². The highest BCUT2D eigenvalue weighted by atomic mass is 16.5. The van der Waals surface area contributed by atoms with Crippen molar-refractivity contribution in [1.82, 2.24) is 0 Å². The lowest BCUT2D eigenvalue weighted by Gasteiger charge is -2.23. The maximum atomic E-state index is 11.6. The van der Waals surface area contributed by atoms with E-state index in [-0.39, 0.29) is 12.1 Å². The molecular formula is C22H34O2. The van der Waals surface area contributed by atoms with E-state index in [1.165, 1.54) is 29.2 Å². The van der Waals surface area contributed by atoms with Crippen LogP contribution in [0.1, 0.15) is 73.6 Å². The Morgan fingerprint density at radius 2 is 1.58 bits per heavy atom. The van der Waals surface area contributed by atoms with E-state index < -0.39 is 0 Å². The molecule has 2 heteroatoms. The molecular weight excluding hydrogens is 296 g/mol. The highest BCUT2D eigenvalue weighted by molar-refractivity contribution is 5.66. The molecule has 1 unspecified atom stereocenters. The Kier molecular flexibility index (Phi) is 8.81. The Bertz CT molecular complexity index is 544.